The topological polar surface area (TPSA) is 84.2 Å². The molecule has 1 atom stereocenters. The minimum atomic E-state index is -0.516. The SMILES string of the molecule is NC(=O)c1cc(C2CCCN(CCOc3ccc(F)cc3)C2)[nH]n1. The van der Waals surface area contributed by atoms with Crippen LogP contribution in [0.15, 0.2) is 30.3 Å². The van der Waals surface area contributed by atoms with Gasteiger partial charge in [-0.15, -0.1) is 0 Å². The molecule has 1 aromatic carbocycles. The van der Waals surface area contributed by atoms with Gasteiger partial charge in [-0.2, -0.15) is 5.10 Å². The van der Waals surface area contributed by atoms with E-state index in [4.69, 9.17) is 10.5 Å². The van der Waals surface area contributed by atoms with E-state index in [2.05, 4.69) is 15.1 Å². The Labute approximate surface area is 139 Å². The molecule has 1 fully saturated rings. The minimum absolute atomic E-state index is 0.267. The average molecular weight is 332 g/mol. The fourth-order valence-electron chi connectivity index (χ4n) is 3.01. The van der Waals surface area contributed by atoms with Gasteiger partial charge in [-0.05, 0) is 49.7 Å². The third-order valence-electron chi connectivity index (χ3n) is 4.29. The first kappa shape index (κ1) is 16.4. The van der Waals surface area contributed by atoms with E-state index < -0.39 is 5.91 Å². The summed E-state index contributed by atoms with van der Waals surface area (Å²) in [5, 5.41) is 6.87. The second kappa shape index (κ2) is 7.44. The molecule has 128 valence electrons. The van der Waals surface area contributed by atoms with Crippen molar-refractivity contribution in [3.8, 4) is 5.75 Å². The Morgan fingerprint density at radius 1 is 1.42 bits per heavy atom. The Bertz CT molecular complexity index is 686. The lowest BCUT2D eigenvalue weighted by molar-refractivity contribution is 0.0995. The number of nitrogens with two attached hydrogens (primary N) is 1. The van der Waals surface area contributed by atoms with Crippen molar-refractivity contribution in [1.82, 2.24) is 15.1 Å². The fourth-order valence-corrected chi connectivity index (χ4v) is 3.01. The van der Waals surface area contributed by atoms with Crippen LogP contribution in [-0.2, 0) is 0 Å². The molecule has 24 heavy (non-hydrogen) atoms. The summed E-state index contributed by atoms with van der Waals surface area (Å²) in [6, 6.07) is 7.78. The van der Waals surface area contributed by atoms with Crippen molar-refractivity contribution in [3.05, 3.63) is 47.5 Å². The first-order chi connectivity index (χ1) is 11.6. The van der Waals surface area contributed by atoms with Crippen molar-refractivity contribution in [2.75, 3.05) is 26.2 Å². The van der Waals surface area contributed by atoms with Crippen molar-refractivity contribution in [1.29, 1.82) is 0 Å². The van der Waals surface area contributed by atoms with Gasteiger partial charge >= 0.3 is 0 Å². The largest absolute Gasteiger partial charge is 0.492 e. The quantitative estimate of drug-likeness (QED) is 0.846. The molecular weight excluding hydrogens is 311 g/mol. The molecular formula is C17H21FN4O2. The summed E-state index contributed by atoms with van der Waals surface area (Å²) in [6.07, 6.45) is 2.13. The van der Waals surface area contributed by atoms with E-state index in [1.165, 1.54) is 12.1 Å². The number of nitrogens with zero attached hydrogens (tertiary/aromatic N) is 2. The van der Waals surface area contributed by atoms with Crippen molar-refractivity contribution in [2.45, 2.75) is 18.8 Å². The van der Waals surface area contributed by atoms with E-state index >= 15 is 0 Å². The van der Waals surface area contributed by atoms with Gasteiger partial charge in [-0.25, -0.2) is 4.39 Å². The van der Waals surface area contributed by atoms with Crippen LogP contribution in [0.1, 0.15) is 34.9 Å². The Balaban J connectivity index is 1.49. The lowest BCUT2D eigenvalue weighted by Crippen LogP contribution is -2.37. The Hall–Kier alpha value is -2.41. The van der Waals surface area contributed by atoms with E-state index in [1.807, 2.05) is 0 Å². The predicted octanol–water partition coefficient (Wildman–Crippen LogP) is 1.91. The van der Waals surface area contributed by atoms with Crippen LogP contribution in [0.4, 0.5) is 4.39 Å². The number of carbonyl (C=O) groups excluding carboxylic acids is 1. The third kappa shape index (κ3) is 4.11. The number of piperidine rings is 1. The zero-order valence-electron chi connectivity index (χ0n) is 13.4. The highest BCUT2D eigenvalue weighted by atomic mass is 19.1. The lowest BCUT2D eigenvalue weighted by Gasteiger charge is -2.32. The number of ether oxygens (including phenoxy) is 1. The molecule has 1 saturated heterocycles. The number of primary amides is 1. The normalized spacial score (nSPS) is 18.5. The molecule has 0 spiro atoms. The molecule has 6 nitrogen and oxygen atoms in total. The zero-order chi connectivity index (χ0) is 16.9. The van der Waals surface area contributed by atoms with Gasteiger partial charge in [0.1, 0.15) is 23.9 Å². The number of aromatic nitrogens is 2. The summed E-state index contributed by atoms with van der Waals surface area (Å²) in [4.78, 5) is 13.5. The fraction of sp³-hybridized carbons (Fsp3) is 0.412. The van der Waals surface area contributed by atoms with Crippen LogP contribution in [0.2, 0.25) is 0 Å². The van der Waals surface area contributed by atoms with E-state index in [0.717, 1.165) is 38.2 Å². The summed E-state index contributed by atoms with van der Waals surface area (Å²) >= 11 is 0. The van der Waals surface area contributed by atoms with Crippen molar-refractivity contribution >= 4 is 5.91 Å². The van der Waals surface area contributed by atoms with Crippen LogP contribution in [-0.4, -0.2) is 47.2 Å². The Kier molecular flexibility index (Phi) is 5.10. The van der Waals surface area contributed by atoms with Gasteiger partial charge in [0.25, 0.3) is 5.91 Å². The minimum Gasteiger partial charge on any atom is -0.492 e. The number of hydrogen-bond acceptors (Lipinski definition) is 4. The molecule has 1 aromatic heterocycles. The first-order valence-electron chi connectivity index (χ1n) is 8.07. The second-order valence-electron chi connectivity index (χ2n) is 6.01. The third-order valence-corrected chi connectivity index (χ3v) is 4.29. The van der Waals surface area contributed by atoms with Crippen molar-refractivity contribution < 1.29 is 13.9 Å². The lowest BCUT2D eigenvalue weighted by atomic mass is 9.94. The van der Waals surface area contributed by atoms with E-state index in [-0.39, 0.29) is 11.5 Å². The number of hydrogen-bond donors (Lipinski definition) is 2. The molecule has 3 N–H and O–H groups in total. The average Bonchev–Trinajstić information content (AvgIpc) is 3.07. The number of halogens is 1. The van der Waals surface area contributed by atoms with Crippen molar-refractivity contribution in [2.24, 2.45) is 5.73 Å². The van der Waals surface area contributed by atoms with E-state index in [0.29, 0.717) is 18.3 Å². The van der Waals surface area contributed by atoms with Gasteiger partial charge in [0.2, 0.25) is 0 Å². The highest BCUT2D eigenvalue weighted by molar-refractivity contribution is 5.90. The smallest absolute Gasteiger partial charge is 0.269 e. The Morgan fingerprint density at radius 3 is 2.92 bits per heavy atom. The van der Waals surface area contributed by atoms with Gasteiger partial charge in [-0.1, -0.05) is 0 Å². The summed E-state index contributed by atoms with van der Waals surface area (Å²) < 4.78 is 18.5. The van der Waals surface area contributed by atoms with Crippen LogP contribution in [0, 0.1) is 5.82 Å². The summed E-state index contributed by atoms with van der Waals surface area (Å²) in [7, 11) is 0. The number of benzene rings is 1. The molecule has 1 unspecified atom stereocenters. The van der Waals surface area contributed by atoms with Crippen LogP contribution in [0.3, 0.4) is 0 Å². The van der Waals surface area contributed by atoms with E-state index in [9.17, 15) is 9.18 Å². The first-order valence-corrected chi connectivity index (χ1v) is 8.07. The predicted molar refractivity (Wildman–Crippen MR) is 87.4 cm³/mol. The van der Waals surface area contributed by atoms with Gasteiger partial charge < -0.3 is 10.5 Å². The van der Waals surface area contributed by atoms with E-state index in [1.54, 1.807) is 18.2 Å². The molecule has 0 saturated carbocycles. The number of aromatic amines is 1. The molecule has 1 amide bonds. The number of rotatable bonds is 6. The number of carbonyl (C=O) groups is 1. The molecule has 0 bridgehead atoms. The Morgan fingerprint density at radius 2 is 2.21 bits per heavy atom. The zero-order valence-corrected chi connectivity index (χ0v) is 13.4. The van der Waals surface area contributed by atoms with Crippen LogP contribution in [0.25, 0.3) is 0 Å². The summed E-state index contributed by atoms with van der Waals surface area (Å²) in [5.41, 5.74) is 6.47. The number of H-pyrrole nitrogens is 1. The maximum Gasteiger partial charge on any atom is 0.269 e. The molecule has 1 aliphatic heterocycles. The van der Waals surface area contributed by atoms with Gasteiger partial charge in [0.05, 0.1) is 0 Å². The highest BCUT2D eigenvalue weighted by Gasteiger charge is 2.23. The maximum absolute atomic E-state index is 12.9. The summed E-state index contributed by atoms with van der Waals surface area (Å²) in [5.74, 6) is 0.198. The molecule has 7 heteroatoms. The number of amides is 1. The second-order valence-corrected chi connectivity index (χ2v) is 6.01. The van der Waals surface area contributed by atoms with Gasteiger partial charge in [-0.3, -0.25) is 14.8 Å². The summed E-state index contributed by atoms with van der Waals surface area (Å²) in [6.45, 7) is 3.24. The number of likely N-dealkylation sites (tertiary alicyclic amines) is 1. The molecule has 1 aliphatic rings. The van der Waals surface area contributed by atoms with Gasteiger partial charge in [0.15, 0.2) is 0 Å². The number of nitrogens with one attached hydrogen (secondary N) is 1. The molecule has 0 radical (unpaired) electrons. The molecule has 3 rings (SSSR count). The van der Waals surface area contributed by atoms with Gasteiger partial charge in [0, 0.05) is 24.7 Å². The molecule has 2 heterocycles. The van der Waals surface area contributed by atoms with Crippen molar-refractivity contribution in [3.63, 3.8) is 0 Å². The van der Waals surface area contributed by atoms with Crippen LogP contribution >= 0.6 is 0 Å². The monoisotopic (exact) mass is 332 g/mol. The van der Waals surface area contributed by atoms with Crippen LogP contribution < -0.4 is 10.5 Å². The highest BCUT2D eigenvalue weighted by Crippen LogP contribution is 2.25. The molecule has 0 aliphatic carbocycles. The van der Waals surface area contributed by atoms with Crippen LogP contribution in [0.5, 0.6) is 5.75 Å². The standard InChI is InChI=1S/C17H21FN4O2/c18-13-3-5-14(6-4-13)24-9-8-22-7-1-2-12(11-22)15-10-16(17(19)23)21-20-15/h3-6,10,12H,1-2,7-9,11H2,(H2,19,23)(H,20,21). The maximum atomic E-state index is 12.9. The molecule has 2 aromatic rings.